The molecule has 0 radical (unpaired) electrons. The van der Waals surface area contributed by atoms with Gasteiger partial charge < -0.3 is 16.4 Å². The molecule has 20 heavy (non-hydrogen) atoms. The molecule has 2 amide bonds. The van der Waals surface area contributed by atoms with Gasteiger partial charge in [0.2, 0.25) is 5.91 Å². The van der Waals surface area contributed by atoms with Crippen LogP contribution in [0.1, 0.15) is 33.6 Å². The predicted octanol–water partition coefficient (Wildman–Crippen LogP) is 0.937. The SMILES string of the molecule is Cl.NC(=O)c1cccc(C(=O)NCC2CCCNC2)c1. The first-order valence-corrected chi connectivity index (χ1v) is 6.55. The number of piperidine rings is 1. The van der Waals surface area contributed by atoms with Crippen LogP contribution >= 0.6 is 12.4 Å². The molecule has 110 valence electrons. The molecule has 4 N–H and O–H groups in total. The van der Waals surface area contributed by atoms with Crippen LogP contribution in [0, 0.1) is 5.92 Å². The maximum absolute atomic E-state index is 12.0. The Labute approximate surface area is 124 Å². The summed E-state index contributed by atoms with van der Waals surface area (Å²) in [5.74, 6) is -0.197. The highest BCUT2D eigenvalue weighted by atomic mass is 35.5. The Morgan fingerprint density at radius 2 is 2.10 bits per heavy atom. The Morgan fingerprint density at radius 1 is 1.35 bits per heavy atom. The smallest absolute Gasteiger partial charge is 0.251 e. The minimum atomic E-state index is -0.522. The van der Waals surface area contributed by atoms with Crippen molar-refractivity contribution in [3.8, 4) is 0 Å². The number of hydrogen-bond acceptors (Lipinski definition) is 3. The van der Waals surface area contributed by atoms with Gasteiger partial charge in [-0.1, -0.05) is 6.07 Å². The molecule has 1 saturated heterocycles. The average Bonchev–Trinajstić information content (AvgIpc) is 2.46. The van der Waals surface area contributed by atoms with Gasteiger partial charge >= 0.3 is 0 Å². The lowest BCUT2D eigenvalue weighted by Gasteiger charge is -2.22. The van der Waals surface area contributed by atoms with Gasteiger partial charge in [0, 0.05) is 17.7 Å². The summed E-state index contributed by atoms with van der Waals surface area (Å²) >= 11 is 0. The van der Waals surface area contributed by atoms with Crippen LogP contribution in [0.5, 0.6) is 0 Å². The van der Waals surface area contributed by atoms with Crippen LogP contribution in [0.3, 0.4) is 0 Å². The monoisotopic (exact) mass is 297 g/mol. The van der Waals surface area contributed by atoms with E-state index in [2.05, 4.69) is 10.6 Å². The number of halogens is 1. The first-order valence-electron chi connectivity index (χ1n) is 6.55. The molecule has 6 heteroatoms. The fourth-order valence-electron chi connectivity index (χ4n) is 2.25. The standard InChI is InChI=1S/C14H19N3O2.ClH/c15-13(18)11-4-1-5-12(7-11)14(19)17-9-10-3-2-6-16-8-10;/h1,4-5,7,10,16H,2-3,6,8-9H2,(H2,15,18)(H,17,19);1H. The summed E-state index contributed by atoms with van der Waals surface area (Å²) in [6.07, 6.45) is 2.28. The topological polar surface area (TPSA) is 84.2 Å². The van der Waals surface area contributed by atoms with Gasteiger partial charge in [0.15, 0.2) is 0 Å². The van der Waals surface area contributed by atoms with Crippen molar-refractivity contribution in [2.75, 3.05) is 19.6 Å². The van der Waals surface area contributed by atoms with Crippen molar-refractivity contribution in [2.45, 2.75) is 12.8 Å². The van der Waals surface area contributed by atoms with E-state index in [1.54, 1.807) is 18.2 Å². The van der Waals surface area contributed by atoms with E-state index in [9.17, 15) is 9.59 Å². The van der Waals surface area contributed by atoms with Crippen LogP contribution in [0.2, 0.25) is 0 Å². The summed E-state index contributed by atoms with van der Waals surface area (Å²) in [4.78, 5) is 23.0. The molecule has 0 saturated carbocycles. The van der Waals surface area contributed by atoms with Gasteiger partial charge in [0.1, 0.15) is 0 Å². The number of amides is 2. The van der Waals surface area contributed by atoms with Crippen molar-refractivity contribution >= 4 is 24.2 Å². The maximum atomic E-state index is 12.0. The Kier molecular flexibility index (Phi) is 6.48. The molecule has 1 fully saturated rings. The van der Waals surface area contributed by atoms with Crippen molar-refractivity contribution in [2.24, 2.45) is 11.7 Å². The molecule has 2 rings (SSSR count). The van der Waals surface area contributed by atoms with E-state index in [0.717, 1.165) is 25.9 Å². The van der Waals surface area contributed by atoms with E-state index < -0.39 is 5.91 Å². The summed E-state index contributed by atoms with van der Waals surface area (Å²) in [5, 5.41) is 6.21. The Morgan fingerprint density at radius 3 is 2.75 bits per heavy atom. The number of primary amides is 1. The quantitative estimate of drug-likeness (QED) is 0.773. The molecule has 1 aromatic rings. The summed E-state index contributed by atoms with van der Waals surface area (Å²) in [7, 11) is 0. The van der Waals surface area contributed by atoms with Crippen molar-refractivity contribution < 1.29 is 9.59 Å². The summed E-state index contributed by atoms with van der Waals surface area (Å²) in [6, 6.07) is 6.47. The minimum absolute atomic E-state index is 0. The Bertz CT molecular complexity index is 473. The molecule has 5 nitrogen and oxygen atoms in total. The minimum Gasteiger partial charge on any atom is -0.366 e. The number of hydrogen-bond donors (Lipinski definition) is 3. The summed E-state index contributed by atoms with van der Waals surface area (Å²) < 4.78 is 0. The molecule has 0 spiro atoms. The molecular formula is C14H20ClN3O2. The van der Waals surface area contributed by atoms with E-state index in [0.29, 0.717) is 23.6 Å². The highest BCUT2D eigenvalue weighted by Crippen LogP contribution is 2.09. The highest BCUT2D eigenvalue weighted by molar-refractivity contribution is 5.99. The van der Waals surface area contributed by atoms with Gasteiger partial charge in [0.25, 0.3) is 5.91 Å². The first kappa shape index (κ1) is 16.5. The number of benzene rings is 1. The fourth-order valence-corrected chi connectivity index (χ4v) is 2.25. The predicted molar refractivity (Wildman–Crippen MR) is 80.1 cm³/mol. The third kappa shape index (κ3) is 4.51. The van der Waals surface area contributed by atoms with Gasteiger partial charge in [-0.2, -0.15) is 0 Å². The van der Waals surface area contributed by atoms with E-state index in [1.807, 2.05) is 0 Å². The van der Waals surface area contributed by atoms with Crippen molar-refractivity contribution in [1.29, 1.82) is 0 Å². The van der Waals surface area contributed by atoms with Crippen LogP contribution < -0.4 is 16.4 Å². The molecule has 1 aliphatic rings. The van der Waals surface area contributed by atoms with Crippen LogP contribution in [0.15, 0.2) is 24.3 Å². The second kappa shape index (κ2) is 7.87. The van der Waals surface area contributed by atoms with Crippen LogP contribution in [-0.2, 0) is 0 Å². The number of carbonyl (C=O) groups excluding carboxylic acids is 2. The molecule has 1 atom stereocenters. The fraction of sp³-hybridized carbons (Fsp3) is 0.429. The molecule has 0 aliphatic carbocycles. The molecule has 1 aromatic carbocycles. The number of rotatable bonds is 4. The lowest BCUT2D eigenvalue weighted by Crippen LogP contribution is -2.38. The third-order valence-corrected chi connectivity index (χ3v) is 3.36. The Balaban J connectivity index is 0.00000200. The molecule has 0 bridgehead atoms. The molecule has 1 aliphatic heterocycles. The van der Waals surface area contributed by atoms with Gasteiger partial charge in [-0.25, -0.2) is 0 Å². The van der Waals surface area contributed by atoms with Gasteiger partial charge in [0.05, 0.1) is 0 Å². The second-order valence-corrected chi connectivity index (χ2v) is 4.87. The van der Waals surface area contributed by atoms with Crippen LogP contribution in [-0.4, -0.2) is 31.4 Å². The van der Waals surface area contributed by atoms with E-state index >= 15 is 0 Å². The largest absolute Gasteiger partial charge is 0.366 e. The normalized spacial score (nSPS) is 17.9. The van der Waals surface area contributed by atoms with Crippen molar-refractivity contribution in [3.05, 3.63) is 35.4 Å². The molecular weight excluding hydrogens is 278 g/mol. The lowest BCUT2D eigenvalue weighted by atomic mass is 9.99. The zero-order chi connectivity index (χ0) is 13.7. The third-order valence-electron chi connectivity index (χ3n) is 3.36. The number of nitrogens with two attached hydrogens (primary N) is 1. The zero-order valence-electron chi connectivity index (χ0n) is 11.2. The number of carbonyl (C=O) groups is 2. The van der Waals surface area contributed by atoms with Crippen LogP contribution in [0.4, 0.5) is 0 Å². The maximum Gasteiger partial charge on any atom is 0.251 e. The lowest BCUT2D eigenvalue weighted by molar-refractivity contribution is 0.0945. The molecule has 0 aromatic heterocycles. The second-order valence-electron chi connectivity index (χ2n) is 4.87. The highest BCUT2D eigenvalue weighted by Gasteiger charge is 2.14. The number of nitrogens with one attached hydrogen (secondary N) is 2. The van der Waals surface area contributed by atoms with Crippen molar-refractivity contribution in [1.82, 2.24) is 10.6 Å². The average molecular weight is 298 g/mol. The van der Waals surface area contributed by atoms with Crippen molar-refractivity contribution in [3.63, 3.8) is 0 Å². The molecule has 1 heterocycles. The van der Waals surface area contributed by atoms with Gasteiger partial charge in [-0.05, 0) is 50.0 Å². The zero-order valence-corrected chi connectivity index (χ0v) is 12.0. The summed E-state index contributed by atoms with van der Waals surface area (Å²) in [6.45, 7) is 2.67. The van der Waals surface area contributed by atoms with Gasteiger partial charge in [-0.15, -0.1) is 12.4 Å². The van der Waals surface area contributed by atoms with Gasteiger partial charge in [-0.3, -0.25) is 9.59 Å². The van der Waals surface area contributed by atoms with E-state index in [-0.39, 0.29) is 18.3 Å². The Hall–Kier alpha value is -1.59. The first-order chi connectivity index (χ1) is 9.16. The van der Waals surface area contributed by atoms with E-state index in [4.69, 9.17) is 5.73 Å². The van der Waals surface area contributed by atoms with Crippen LogP contribution in [0.25, 0.3) is 0 Å². The molecule has 1 unspecified atom stereocenters. The summed E-state index contributed by atoms with van der Waals surface area (Å²) in [5.41, 5.74) is 6.02. The van der Waals surface area contributed by atoms with E-state index in [1.165, 1.54) is 6.07 Å².